The number of hydrogen-bond acceptors (Lipinski definition) is 2. The van der Waals surface area contributed by atoms with Crippen molar-refractivity contribution in [1.29, 1.82) is 0 Å². The Hall–Kier alpha value is -1.50. The molecule has 1 atom stereocenters. The fraction of sp³-hybridized carbons (Fsp3) is 0.273. The van der Waals surface area contributed by atoms with Crippen LogP contribution in [-0.4, -0.2) is 17.0 Å². The zero-order valence-corrected chi connectivity index (χ0v) is 10.9. The van der Waals surface area contributed by atoms with Gasteiger partial charge in [0.05, 0.1) is 4.47 Å². The molecular weight excluding hydrogens is 312 g/mol. The number of carbonyl (C=O) groups is 2. The van der Waals surface area contributed by atoms with Crippen molar-refractivity contribution in [3.8, 4) is 0 Å². The summed E-state index contributed by atoms with van der Waals surface area (Å²) < 4.78 is 27.2. The molecule has 4 nitrogen and oxygen atoms in total. The zero-order chi connectivity index (χ0) is 14.1. The molecule has 0 radical (unpaired) electrons. The normalized spacial score (nSPS) is 14.0. The van der Waals surface area contributed by atoms with Crippen LogP contribution in [0.2, 0.25) is 0 Å². The van der Waals surface area contributed by atoms with Gasteiger partial charge < -0.3 is 10.8 Å². The molecule has 0 saturated heterocycles. The van der Waals surface area contributed by atoms with Crippen LogP contribution in [0.4, 0.5) is 8.78 Å². The van der Waals surface area contributed by atoms with Crippen molar-refractivity contribution in [3.05, 3.63) is 33.8 Å². The number of amides is 1. The van der Waals surface area contributed by atoms with Crippen molar-refractivity contribution >= 4 is 27.8 Å². The van der Waals surface area contributed by atoms with Gasteiger partial charge in [-0.25, -0.2) is 8.78 Å². The van der Waals surface area contributed by atoms with E-state index >= 15 is 0 Å². The summed E-state index contributed by atoms with van der Waals surface area (Å²) in [5.41, 5.74) is 2.42. The first-order chi connectivity index (χ1) is 8.20. The predicted octanol–water partition coefficient (Wildman–Crippen LogP) is 1.85. The summed E-state index contributed by atoms with van der Waals surface area (Å²) in [6.07, 6.45) is -0.658. The molecule has 1 aromatic carbocycles. The third kappa shape index (κ3) is 2.50. The molecule has 1 amide bonds. The maximum atomic E-state index is 13.7. The topological polar surface area (TPSA) is 80.4 Å². The van der Waals surface area contributed by atoms with Crippen LogP contribution in [0.3, 0.4) is 0 Å². The third-order valence-corrected chi connectivity index (χ3v) is 3.30. The zero-order valence-electron chi connectivity index (χ0n) is 9.34. The van der Waals surface area contributed by atoms with Gasteiger partial charge in [-0.05, 0) is 35.0 Å². The predicted molar refractivity (Wildman–Crippen MR) is 62.7 cm³/mol. The fourth-order valence-corrected chi connectivity index (χ4v) is 1.72. The van der Waals surface area contributed by atoms with E-state index in [-0.39, 0.29) is 4.47 Å². The Bertz CT molecular complexity index is 505. The summed E-state index contributed by atoms with van der Waals surface area (Å²) in [5, 5.41) is 8.96. The largest absolute Gasteiger partial charge is 0.480 e. The van der Waals surface area contributed by atoms with E-state index in [2.05, 4.69) is 15.9 Å². The molecule has 1 aromatic rings. The molecule has 0 saturated carbocycles. The summed E-state index contributed by atoms with van der Waals surface area (Å²) in [7, 11) is 0. The van der Waals surface area contributed by atoms with Gasteiger partial charge in [0, 0.05) is 12.0 Å². The monoisotopic (exact) mass is 321 g/mol. The van der Waals surface area contributed by atoms with Crippen LogP contribution in [0.15, 0.2) is 16.6 Å². The quantitative estimate of drug-likeness (QED) is 0.656. The molecule has 1 unspecified atom stereocenters. The van der Waals surface area contributed by atoms with Crippen molar-refractivity contribution in [2.75, 3.05) is 0 Å². The first-order valence-electron chi connectivity index (χ1n) is 4.86. The number of carboxylic acids is 1. The van der Waals surface area contributed by atoms with E-state index in [1.54, 1.807) is 0 Å². The van der Waals surface area contributed by atoms with Gasteiger partial charge >= 0.3 is 5.97 Å². The lowest BCUT2D eigenvalue weighted by atomic mass is 9.82. The molecule has 0 aliphatic heterocycles. The average Bonchev–Trinajstić information content (AvgIpc) is 2.28. The standard InChI is InChI=1S/C11H10BrF2NO3/c1-11(9(15)16,10(17)18)4-5-7(13)3-2-6(12)8(5)14/h2-3H,4H2,1H3,(H2,15,16)(H,17,18). The molecule has 3 N–H and O–H groups in total. The molecule has 0 fully saturated rings. The highest BCUT2D eigenvalue weighted by molar-refractivity contribution is 9.10. The first-order valence-corrected chi connectivity index (χ1v) is 5.65. The number of carboxylic acid groups (broad SMARTS) is 1. The van der Waals surface area contributed by atoms with Crippen LogP contribution in [0.5, 0.6) is 0 Å². The van der Waals surface area contributed by atoms with Crippen LogP contribution >= 0.6 is 15.9 Å². The van der Waals surface area contributed by atoms with E-state index in [0.717, 1.165) is 19.1 Å². The second-order valence-electron chi connectivity index (χ2n) is 4.00. The smallest absolute Gasteiger partial charge is 0.319 e. The van der Waals surface area contributed by atoms with E-state index in [1.165, 1.54) is 0 Å². The van der Waals surface area contributed by atoms with Crippen molar-refractivity contribution in [3.63, 3.8) is 0 Å². The van der Waals surface area contributed by atoms with E-state index in [4.69, 9.17) is 10.8 Å². The highest BCUT2D eigenvalue weighted by Crippen LogP contribution is 2.29. The van der Waals surface area contributed by atoms with E-state index in [1.807, 2.05) is 0 Å². The van der Waals surface area contributed by atoms with Crippen LogP contribution in [0.1, 0.15) is 12.5 Å². The van der Waals surface area contributed by atoms with Crippen LogP contribution in [0, 0.1) is 17.0 Å². The Kier molecular flexibility index (Phi) is 4.05. The number of benzene rings is 1. The Morgan fingerprint density at radius 3 is 2.44 bits per heavy atom. The number of aliphatic carboxylic acids is 1. The number of halogens is 3. The Morgan fingerprint density at radius 2 is 2.00 bits per heavy atom. The van der Waals surface area contributed by atoms with Gasteiger partial charge in [-0.15, -0.1) is 0 Å². The minimum absolute atomic E-state index is 0.0175. The van der Waals surface area contributed by atoms with Crippen LogP contribution in [-0.2, 0) is 16.0 Å². The molecule has 0 spiro atoms. The van der Waals surface area contributed by atoms with Gasteiger partial charge in [0.25, 0.3) is 0 Å². The molecule has 7 heteroatoms. The lowest BCUT2D eigenvalue weighted by Gasteiger charge is -2.21. The van der Waals surface area contributed by atoms with Crippen molar-refractivity contribution in [1.82, 2.24) is 0 Å². The highest BCUT2D eigenvalue weighted by atomic mass is 79.9. The van der Waals surface area contributed by atoms with Crippen molar-refractivity contribution < 1.29 is 23.5 Å². The summed E-state index contributed by atoms with van der Waals surface area (Å²) in [6.45, 7) is 1.03. The summed E-state index contributed by atoms with van der Waals surface area (Å²) >= 11 is 2.86. The van der Waals surface area contributed by atoms with E-state index < -0.39 is 40.9 Å². The SMILES string of the molecule is CC(Cc1c(F)ccc(Br)c1F)(C(N)=O)C(=O)O. The molecule has 0 aliphatic carbocycles. The Labute approximate surface area is 110 Å². The molecule has 18 heavy (non-hydrogen) atoms. The van der Waals surface area contributed by atoms with Gasteiger partial charge in [0.2, 0.25) is 5.91 Å². The minimum atomic E-state index is -2.07. The van der Waals surface area contributed by atoms with E-state index in [0.29, 0.717) is 0 Å². The van der Waals surface area contributed by atoms with Crippen LogP contribution in [0.25, 0.3) is 0 Å². The number of carbonyl (C=O) groups excluding carboxylic acids is 1. The third-order valence-electron chi connectivity index (χ3n) is 2.69. The second-order valence-corrected chi connectivity index (χ2v) is 4.85. The van der Waals surface area contributed by atoms with Gasteiger partial charge in [-0.2, -0.15) is 0 Å². The number of rotatable bonds is 4. The average molecular weight is 322 g/mol. The summed E-state index contributed by atoms with van der Waals surface area (Å²) in [5.74, 6) is -4.56. The molecule has 98 valence electrons. The summed E-state index contributed by atoms with van der Waals surface area (Å²) in [4.78, 5) is 22.2. The highest BCUT2D eigenvalue weighted by Gasteiger charge is 2.41. The minimum Gasteiger partial charge on any atom is -0.480 e. The second kappa shape index (κ2) is 5.01. The van der Waals surface area contributed by atoms with Gasteiger partial charge in [0.1, 0.15) is 17.0 Å². The van der Waals surface area contributed by atoms with Crippen molar-refractivity contribution in [2.24, 2.45) is 11.1 Å². The molecule has 1 rings (SSSR count). The molecule has 0 aliphatic rings. The first kappa shape index (κ1) is 14.6. The maximum absolute atomic E-state index is 13.7. The molecule has 0 aromatic heterocycles. The molecule has 0 bridgehead atoms. The Morgan fingerprint density at radius 1 is 1.44 bits per heavy atom. The molecular formula is C11H10BrF2NO3. The summed E-state index contributed by atoms with van der Waals surface area (Å²) in [6, 6.07) is 2.13. The number of primary amides is 1. The number of nitrogens with two attached hydrogens (primary N) is 1. The van der Waals surface area contributed by atoms with E-state index in [9.17, 15) is 18.4 Å². The lowest BCUT2D eigenvalue weighted by molar-refractivity contribution is -0.153. The van der Waals surface area contributed by atoms with Gasteiger partial charge in [-0.1, -0.05) is 0 Å². The lowest BCUT2D eigenvalue weighted by Crippen LogP contribution is -2.43. The van der Waals surface area contributed by atoms with Gasteiger partial charge in [-0.3, -0.25) is 9.59 Å². The molecule has 0 heterocycles. The Balaban J connectivity index is 3.30. The maximum Gasteiger partial charge on any atom is 0.319 e. The fourth-order valence-electron chi connectivity index (χ4n) is 1.35. The number of hydrogen-bond donors (Lipinski definition) is 2. The van der Waals surface area contributed by atoms with Crippen LogP contribution < -0.4 is 5.73 Å². The van der Waals surface area contributed by atoms with Gasteiger partial charge in [0.15, 0.2) is 0 Å². The van der Waals surface area contributed by atoms with Crippen molar-refractivity contribution in [2.45, 2.75) is 13.3 Å².